The van der Waals surface area contributed by atoms with Crippen LogP contribution < -0.4 is 11.5 Å². The van der Waals surface area contributed by atoms with E-state index >= 15 is 0 Å². The van der Waals surface area contributed by atoms with Crippen LogP contribution >= 0.6 is 0 Å². The van der Waals surface area contributed by atoms with Gasteiger partial charge in [0, 0.05) is 7.11 Å². The highest BCUT2D eigenvalue weighted by Gasteiger charge is 2.29. The number of carbonyl (C=O) groups excluding carboxylic acids is 1. The van der Waals surface area contributed by atoms with Gasteiger partial charge in [0.2, 0.25) is 5.91 Å². The Kier molecular flexibility index (Phi) is 3.32. The van der Waals surface area contributed by atoms with Crippen LogP contribution in [0.25, 0.3) is 0 Å². The van der Waals surface area contributed by atoms with E-state index in [1.807, 2.05) is 0 Å². The molecule has 0 spiro atoms. The van der Waals surface area contributed by atoms with Gasteiger partial charge in [-0.2, -0.15) is 0 Å². The summed E-state index contributed by atoms with van der Waals surface area (Å²) in [5, 5.41) is 0. The van der Waals surface area contributed by atoms with Crippen LogP contribution in [-0.2, 0) is 9.53 Å². The Balaban J connectivity index is 4.08. The molecule has 0 aliphatic heterocycles. The van der Waals surface area contributed by atoms with Crippen LogP contribution in [0.4, 0.5) is 0 Å². The highest BCUT2D eigenvalue weighted by molar-refractivity contribution is 5.84. The fourth-order valence-corrected chi connectivity index (χ4v) is 0.605. The van der Waals surface area contributed by atoms with E-state index in [4.69, 9.17) is 16.2 Å². The Labute approximate surface area is 60.5 Å². The van der Waals surface area contributed by atoms with Gasteiger partial charge >= 0.3 is 0 Å². The topological polar surface area (TPSA) is 78.3 Å². The van der Waals surface area contributed by atoms with E-state index in [9.17, 15) is 4.79 Å². The smallest absolute Gasteiger partial charge is 0.239 e. The van der Waals surface area contributed by atoms with E-state index < -0.39 is 11.4 Å². The molecule has 0 heterocycles. The van der Waals surface area contributed by atoms with Gasteiger partial charge in [0.1, 0.15) is 5.54 Å². The van der Waals surface area contributed by atoms with E-state index in [0.717, 1.165) is 0 Å². The summed E-state index contributed by atoms with van der Waals surface area (Å²) >= 11 is 0. The molecule has 0 bridgehead atoms. The average Bonchev–Trinajstić information content (AvgIpc) is 1.88. The number of amides is 1. The fourth-order valence-electron chi connectivity index (χ4n) is 0.605. The second kappa shape index (κ2) is 3.53. The number of hydrogen-bond acceptors (Lipinski definition) is 3. The summed E-state index contributed by atoms with van der Waals surface area (Å²) in [6.07, 6.45) is 0.496. The number of carbonyl (C=O) groups is 1. The van der Waals surface area contributed by atoms with Gasteiger partial charge in [0.25, 0.3) is 0 Å². The maximum atomic E-state index is 10.7. The molecule has 0 saturated heterocycles. The minimum atomic E-state index is -0.991. The highest BCUT2D eigenvalue weighted by Crippen LogP contribution is 2.04. The number of primary amides is 1. The molecule has 1 unspecified atom stereocenters. The standard InChI is InChI=1S/C6H14N2O2/c1-3-6(8,4-10-2)5(7)9/h3-4,8H2,1-2H3,(H2,7,9). The molecule has 0 aromatic carbocycles. The molecule has 1 atom stereocenters. The first-order valence-corrected chi connectivity index (χ1v) is 3.14. The molecule has 4 N–H and O–H groups in total. The van der Waals surface area contributed by atoms with Crippen LogP contribution in [-0.4, -0.2) is 25.2 Å². The number of nitrogens with two attached hydrogens (primary N) is 2. The van der Waals surface area contributed by atoms with Crippen molar-refractivity contribution in [3.63, 3.8) is 0 Å². The van der Waals surface area contributed by atoms with Gasteiger partial charge in [0.15, 0.2) is 0 Å². The van der Waals surface area contributed by atoms with Gasteiger partial charge in [-0.1, -0.05) is 6.92 Å². The molecular formula is C6H14N2O2. The van der Waals surface area contributed by atoms with Crippen molar-refractivity contribution < 1.29 is 9.53 Å². The van der Waals surface area contributed by atoms with E-state index in [1.165, 1.54) is 7.11 Å². The van der Waals surface area contributed by atoms with Crippen LogP contribution in [0.1, 0.15) is 13.3 Å². The number of rotatable bonds is 4. The minimum Gasteiger partial charge on any atom is -0.382 e. The molecule has 1 amide bonds. The quantitative estimate of drug-likeness (QED) is 0.546. The second-order valence-electron chi connectivity index (χ2n) is 2.31. The number of methoxy groups -OCH3 is 1. The lowest BCUT2D eigenvalue weighted by Gasteiger charge is -2.22. The first kappa shape index (κ1) is 9.39. The SMILES string of the molecule is CCC(N)(COC)C(N)=O. The van der Waals surface area contributed by atoms with Gasteiger partial charge in [-0.05, 0) is 6.42 Å². The number of hydrogen-bond donors (Lipinski definition) is 2. The van der Waals surface area contributed by atoms with E-state index in [1.54, 1.807) is 6.92 Å². The van der Waals surface area contributed by atoms with Crippen molar-refractivity contribution in [2.24, 2.45) is 11.5 Å². The number of ether oxygens (including phenoxy) is 1. The lowest BCUT2D eigenvalue weighted by molar-refractivity contribution is -0.125. The summed E-state index contributed by atoms with van der Waals surface area (Å²) in [4.78, 5) is 10.7. The van der Waals surface area contributed by atoms with Crippen molar-refractivity contribution in [3.05, 3.63) is 0 Å². The van der Waals surface area contributed by atoms with Crippen molar-refractivity contribution >= 4 is 5.91 Å². The second-order valence-corrected chi connectivity index (χ2v) is 2.31. The maximum absolute atomic E-state index is 10.7. The van der Waals surface area contributed by atoms with Crippen LogP contribution in [0.3, 0.4) is 0 Å². The molecule has 4 heteroatoms. The Morgan fingerprint density at radius 1 is 1.70 bits per heavy atom. The molecule has 0 aliphatic carbocycles. The molecule has 0 aliphatic rings. The highest BCUT2D eigenvalue weighted by atomic mass is 16.5. The third kappa shape index (κ3) is 1.97. The summed E-state index contributed by atoms with van der Waals surface area (Å²) < 4.78 is 4.73. The molecule has 4 nitrogen and oxygen atoms in total. The predicted molar refractivity (Wildman–Crippen MR) is 38.3 cm³/mol. The van der Waals surface area contributed by atoms with E-state index in [0.29, 0.717) is 6.42 Å². The van der Waals surface area contributed by atoms with Gasteiger partial charge in [-0.15, -0.1) is 0 Å². The summed E-state index contributed by atoms with van der Waals surface area (Å²) in [5.74, 6) is -0.517. The van der Waals surface area contributed by atoms with Gasteiger partial charge in [-0.25, -0.2) is 0 Å². The molecule has 0 aromatic heterocycles. The minimum absolute atomic E-state index is 0.179. The Bertz CT molecular complexity index is 127. The molecule has 0 radical (unpaired) electrons. The molecule has 0 saturated carbocycles. The summed E-state index contributed by atoms with van der Waals surface area (Å²) in [6, 6.07) is 0. The maximum Gasteiger partial charge on any atom is 0.239 e. The van der Waals surface area contributed by atoms with Crippen LogP contribution in [0.5, 0.6) is 0 Å². The predicted octanol–water partition coefficient (Wildman–Crippen LogP) is -0.774. The first-order valence-electron chi connectivity index (χ1n) is 3.14. The van der Waals surface area contributed by atoms with Crippen molar-refractivity contribution in [2.75, 3.05) is 13.7 Å². The Morgan fingerprint density at radius 3 is 2.30 bits per heavy atom. The lowest BCUT2D eigenvalue weighted by Crippen LogP contribution is -2.54. The average molecular weight is 146 g/mol. The molecule has 60 valence electrons. The zero-order valence-corrected chi connectivity index (χ0v) is 6.39. The molecule has 0 fully saturated rings. The lowest BCUT2D eigenvalue weighted by atomic mass is 9.98. The van der Waals surface area contributed by atoms with Crippen molar-refractivity contribution in [3.8, 4) is 0 Å². The molecular weight excluding hydrogens is 132 g/mol. The monoisotopic (exact) mass is 146 g/mol. The van der Waals surface area contributed by atoms with Gasteiger partial charge < -0.3 is 16.2 Å². The van der Waals surface area contributed by atoms with Gasteiger partial charge in [-0.3, -0.25) is 4.79 Å². The van der Waals surface area contributed by atoms with Crippen LogP contribution in [0.2, 0.25) is 0 Å². The third-order valence-electron chi connectivity index (χ3n) is 1.52. The van der Waals surface area contributed by atoms with Crippen molar-refractivity contribution in [1.29, 1.82) is 0 Å². The zero-order chi connectivity index (χ0) is 8.20. The summed E-state index contributed by atoms with van der Waals surface area (Å²) in [6.45, 7) is 1.97. The van der Waals surface area contributed by atoms with Gasteiger partial charge in [0.05, 0.1) is 6.61 Å². The summed E-state index contributed by atoms with van der Waals surface area (Å²) in [5.41, 5.74) is 9.58. The fraction of sp³-hybridized carbons (Fsp3) is 0.833. The molecule has 0 rings (SSSR count). The van der Waals surface area contributed by atoms with Crippen LogP contribution in [0, 0.1) is 0 Å². The van der Waals surface area contributed by atoms with Crippen molar-refractivity contribution in [1.82, 2.24) is 0 Å². The van der Waals surface area contributed by atoms with Crippen molar-refractivity contribution in [2.45, 2.75) is 18.9 Å². The zero-order valence-electron chi connectivity index (χ0n) is 6.39. The van der Waals surface area contributed by atoms with E-state index in [-0.39, 0.29) is 6.61 Å². The molecule has 0 aromatic rings. The first-order chi connectivity index (χ1) is 4.56. The normalized spacial score (nSPS) is 16.3. The Hall–Kier alpha value is -0.610. The Morgan fingerprint density at radius 2 is 2.20 bits per heavy atom. The van der Waals surface area contributed by atoms with Crippen LogP contribution in [0.15, 0.2) is 0 Å². The largest absolute Gasteiger partial charge is 0.382 e. The summed E-state index contributed by atoms with van der Waals surface area (Å²) in [7, 11) is 1.49. The molecule has 10 heavy (non-hydrogen) atoms. The van der Waals surface area contributed by atoms with E-state index in [2.05, 4.69) is 0 Å². The third-order valence-corrected chi connectivity index (χ3v) is 1.52.